The molecule has 0 aromatic heterocycles. The molecule has 2 atom stereocenters. The van der Waals surface area contributed by atoms with Gasteiger partial charge < -0.3 is 0 Å². The summed E-state index contributed by atoms with van der Waals surface area (Å²) in [6.07, 6.45) is -2.93. The predicted octanol–water partition coefficient (Wildman–Crippen LogP) is 2.22. The Morgan fingerprint density at radius 2 is 1.40 bits per heavy atom. The van der Waals surface area contributed by atoms with Gasteiger partial charge in [-0.1, -0.05) is 0 Å². The van der Waals surface area contributed by atoms with Crippen molar-refractivity contribution in [2.24, 2.45) is 0 Å². The normalized spacial score (nSPS) is 42.6. The van der Waals surface area contributed by atoms with Crippen molar-refractivity contribution in [3.8, 4) is 0 Å². The summed E-state index contributed by atoms with van der Waals surface area (Å²) in [5.74, 6) is -8.98. The molecule has 0 unspecified atom stereocenters. The lowest BCUT2D eigenvalue weighted by molar-refractivity contribution is -0.309. The van der Waals surface area contributed by atoms with Crippen LogP contribution in [0.3, 0.4) is 0 Å². The summed E-state index contributed by atoms with van der Waals surface area (Å²) in [5.41, 5.74) is 0. The predicted molar refractivity (Wildman–Crippen MR) is 24.4 cm³/mol. The maximum absolute atomic E-state index is 11.8. The minimum Gasteiger partial charge on any atom is -0.239 e. The average molecular weight is 181 g/mol. The average Bonchev–Trinajstić information content (AvgIpc) is 1.84. The molecule has 0 N–H and O–H groups in total. The van der Waals surface area contributed by atoms with Crippen LogP contribution in [0.4, 0.5) is 22.0 Å². The number of hydrogen-bond acceptors (Lipinski definition) is 0. The summed E-state index contributed by atoms with van der Waals surface area (Å²) >= 11 is 4.57. The largest absolute Gasteiger partial charge is 0.343 e. The highest BCUT2D eigenvalue weighted by Crippen LogP contribution is 2.55. The van der Waals surface area contributed by atoms with Crippen LogP contribution in [0, 0.1) is 0 Å². The Bertz CT molecular complexity index is 138. The highest BCUT2D eigenvalue weighted by molar-refractivity contribution is 6.22. The molecule has 0 radical (unpaired) electrons. The number of hydrogen-bond donors (Lipinski definition) is 0. The van der Waals surface area contributed by atoms with Gasteiger partial charge in [-0.2, -0.15) is 17.6 Å². The summed E-state index contributed by atoms with van der Waals surface area (Å²) in [4.78, 5) is 0. The molecule has 0 spiro atoms. The summed E-state index contributed by atoms with van der Waals surface area (Å²) in [6, 6.07) is 0. The molecule has 10 heavy (non-hydrogen) atoms. The van der Waals surface area contributed by atoms with Gasteiger partial charge in [0.1, 0.15) is 5.38 Å². The third kappa shape index (κ3) is 0.615. The quantitative estimate of drug-likeness (QED) is 0.396. The van der Waals surface area contributed by atoms with E-state index in [-0.39, 0.29) is 0 Å². The van der Waals surface area contributed by atoms with Crippen LogP contribution in [0.1, 0.15) is 0 Å². The van der Waals surface area contributed by atoms with Crippen LogP contribution < -0.4 is 0 Å². The van der Waals surface area contributed by atoms with Gasteiger partial charge in [-0.25, -0.2) is 4.39 Å². The van der Waals surface area contributed by atoms with E-state index in [2.05, 4.69) is 11.6 Å². The highest BCUT2D eigenvalue weighted by atomic mass is 35.5. The van der Waals surface area contributed by atoms with Gasteiger partial charge in [0, 0.05) is 0 Å². The fourth-order valence-corrected chi connectivity index (χ4v) is 0.943. The van der Waals surface area contributed by atoms with Gasteiger partial charge in [0.05, 0.1) is 0 Å². The second-order valence-corrected chi connectivity index (χ2v) is 2.52. The van der Waals surface area contributed by atoms with Crippen LogP contribution in [0.2, 0.25) is 0 Å². The monoisotopic (exact) mass is 180 g/mol. The third-order valence-electron chi connectivity index (χ3n) is 1.39. The third-order valence-corrected chi connectivity index (χ3v) is 1.89. The molecule has 1 aliphatic rings. The van der Waals surface area contributed by atoms with Gasteiger partial charge in [0.15, 0.2) is 6.17 Å². The highest BCUT2D eigenvalue weighted by Gasteiger charge is 2.79. The summed E-state index contributed by atoms with van der Waals surface area (Å²) in [6.45, 7) is 0. The van der Waals surface area contributed by atoms with Gasteiger partial charge in [0.2, 0.25) is 0 Å². The molecule has 0 bridgehead atoms. The molecular weight excluding hydrogens is 178 g/mol. The molecule has 0 amide bonds. The molecule has 6 heteroatoms. The van der Waals surface area contributed by atoms with Crippen LogP contribution >= 0.6 is 11.6 Å². The second kappa shape index (κ2) is 1.75. The van der Waals surface area contributed by atoms with Crippen LogP contribution in [0.15, 0.2) is 0 Å². The first-order chi connectivity index (χ1) is 4.32. The van der Waals surface area contributed by atoms with Crippen molar-refractivity contribution < 1.29 is 22.0 Å². The minimum atomic E-state index is -4.58. The van der Waals surface area contributed by atoms with Crippen molar-refractivity contribution in [1.82, 2.24) is 0 Å². The molecule has 1 aliphatic carbocycles. The van der Waals surface area contributed by atoms with Gasteiger partial charge in [0.25, 0.3) is 0 Å². The molecule has 0 aromatic rings. The fraction of sp³-hybridized carbons (Fsp3) is 1.00. The Morgan fingerprint density at radius 3 is 1.50 bits per heavy atom. The van der Waals surface area contributed by atoms with E-state index in [1.54, 1.807) is 0 Å². The van der Waals surface area contributed by atoms with Gasteiger partial charge in [-0.05, 0) is 0 Å². The van der Waals surface area contributed by atoms with E-state index in [9.17, 15) is 22.0 Å². The van der Waals surface area contributed by atoms with Gasteiger partial charge in [-0.3, -0.25) is 0 Å². The first-order valence-corrected chi connectivity index (χ1v) is 2.79. The molecule has 1 fully saturated rings. The van der Waals surface area contributed by atoms with Crippen LogP contribution in [-0.4, -0.2) is 23.4 Å². The zero-order chi connectivity index (χ0) is 8.15. The maximum Gasteiger partial charge on any atom is 0.343 e. The Morgan fingerprint density at radius 1 is 1.00 bits per heavy atom. The Balaban J connectivity index is 2.82. The van der Waals surface area contributed by atoms with E-state index in [1.165, 1.54) is 0 Å². The van der Waals surface area contributed by atoms with Crippen molar-refractivity contribution in [2.45, 2.75) is 23.4 Å². The molecule has 1 rings (SSSR count). The Hall–Kier alpha value is -0.0600. The molecule has 0 saturated heterocycles. The Kier molecular flexibility index (Phi) is 1.41. The van der Waals surface area contributed by atoms with Crippen molar-refractivity contribution in [2.75, 3.05) is 0 Å². The lowest BCUT2D eigenvalue weighted by Crippen LogP contribution is -2.69. The molecule has 60 valence electrons. The van der Waals surface area contributed by atoms with Crippen LogP contribution in [0.25, 0.3) is 0 Å². The van der Waals surface area contributed by atoms with Gasteiger partial charge in [-0.15, -0.1) is 11.6 Å². The van der Waals surface area contributed by atoms with E-state index in [0.29, 0.717) is 0 Å². The first kappa shape index (κ1) is 8.04. The lowest BCUT2D eigenvalue weighted by Gasteiger charge is -2.43. The summed E-state index contributed by atoms with van der Waals surface area (Å²) < 4.78 is 59.0. The first-order valence-electron chi connectivity index (χ1n) is 2.35. The van der Waals surface area contributed by atoms with E-state index in [0.717, 1.165) is 0 Å². The second-order valence-electron chi connectivity index (χ2n) is 2.05. The molecular formula is C4H2ClF5. The molecule has 0 aliphatic heterocycles. The summed E-state index contributed by atoms with van der Waals surface area (Å²) in [5, 5.41) is -2.39. The molecule has 0 aromatic carbocycles. The zero-order valence-corrected chi connectivity index (χ0v) is 5.18. The van der Waals surface area contributed by atoms with Crippen molar-refractivity contribution in [3.63, 3.8) is 0 Å². The summed E-state index contributed by atoms with van der Waals surface area (Å²) in [7, 11) is 0. The van der Waals surface area contributed by atoms with Crippen molar-refractivity contribution in [1.29, 1.82) is 0 Å². The van der Waals surface area contributed by atoms with Crippen molar-refractivity contribution in [3.05, 3.63) is 0 Å². The van der Waals surface area contributed by atoms with E-state index < -0.39 is 23.4 Å². The molecule has 0 nitrogen and oxygen atoms in total. The van der Waals surface area contributed by atoms with E-state index >= 15 is 0 Å². The molecule has 1 saturated carbocycles. The number of rotatable bonds is 0. The maximum atomic E-state index is 11.8. The standard InChI is InChI=1S/C4H2ClF5/c5-1-2(6)4(9,10)3(1,7)8/h1-2H/t1-,2+/m0/s1. The minimum absolute atomic E-state index is 2.39. The topological polar surface area (TPSA) is 0 Å². The smallest absolute Gasteiger partial charge is 0.239 e. The SMILES string of the molecule is F[C@@H]1[C@H](Cl)C(F)(F)C1(F)F. The fourth-order valence-electron chi connectivity index (χ4n) is 0.639. The molecule has 0 heterocycles. The van der Waals surface area contributed by atoms with Crippen LogP contribution in [-0.2, 0) is 0 Å². The van der Waals surface area contributed by atoms with E-state index in [4.69, 9.17) is 0 Å². The Labute approximate surface area is 58.0 Å². The van der Waals surface area contributed by atoms with Crippen molar-refractivity contribution >= 4 is 11.6 Å². The number of halogens is 6. The number of alkyl halides is 6. The van der Waals surface area contributed by atoms with E-state index in [1.807, 2.05) is 0 Å². The van der Waals surface area contributed by atoms with Crippen LogP contribution in [0.5, 0.6) is 0 Å². The lowest BCUT2D eigenvalue weighted by atomic mass is 9.86. The van der Waals surface area contributed by atoms with Gasteiger partial charge >= 0.3 is 11.8 Å². The zero-order valence-electron chi connectivity index (χ0n) is 4.42.